The third kappa shape index (κ3) is 11.6. The zero-order chi connectivity index (χ0) is 36.1. The Kier molecular flexibility index (Phi) is 14.1. The SMILES string of the molecule is COc1ccc(C(NC(=O)C(CCCCNC(=O)c2ccccn2)NC(=O)c2cccc(Cl)c2)C(=O)NC(C(=O)C(F)(F)F)C(C)C)cc1. The number of hydrogen-bond acceptors (Lipinski definition) is 7. The number of nitrogens with one attached hydrogen (secondary N) is 4. The number of ether oxygens (including phenoxy) is 1. The molecule has 262 valence electrons. The number of methoxy groups -OCH3 is 1. The number of rotatable bonds is 16. The summed E-state index contributed by atoms with van der Waals surface area (Å²) in [5, 5.41) is 10.3. The molecule has 3 aromatic rings. The van der Waals surface area contributed by atoms with Crippen LogP contribution < -0.4 is 26.0 Å². The van der Waals surface area contributed by atoms with E-state index in [4.69, 9.17) is 16.3 Å². The van der Waals surface area contributed by atoms with Gasteiger partial charge in [-0.25, -0.2) is 0 Å². The van der Waals surface area contributed by atoms with E-state index >= 15 is 0 Å². The van der Waals surface area contributed by atoms with E-state index in [2.05, 4.69) is 26.3 Å². The Bertz CT molecular complexity index is 1610. The highest BCUT2D eigenvalue weighted by molar-refractivity contribution is 6.31. The van der Waals surface area contributed by atoms with Gasteiger partial charge in [0.25, 0.3) is 17.6 Å². The second kappa shape index (κ2) is 18.0. The smallest absolute Gasteiger partial charge is 0.452 e. The molecule has 1 aromatic heterocycles. The van der Waals surface area contributed by atoms with Crippen molar-refractivity contribution in [2.45, 2.75) is 57.4 Å². The van der Waals surface area contributed by atoms with E-state index in [1.807, 2.05) is 0 Å². The molecule has 4 N–H and O–H groups in total. The quantitative estimate of drug-likeness (QED) is 0.159. The van der Waals surface area contributed by atoms with Gasteiger partial charge < -0.3 is 26.0 Å². The molecule has 2 aromatic carbocycles. The van der Waals surface area contributed by atoms with Crippen LogP contribution in [0.15, 0.2) is 72.9 Å². The summed E-state index contributed by atoms with van der Waals surface area (Å²) in [6.45, 7) is 2.91. The van der Waals surface area contributed by atoms with Crippen molar-refractivity contribution in [2.75, 3.05) is 13.7 Å². The lowest BCUT2D eigenvalue weighted by atomic mass is 9.97. The Labute approximate surface area is 286 Å². The summed E-state index contributed by atoms with van der Waals surface area (Å²) in [6, 6.07) is 12.0. The van der Waals surface area contributed by atoms with E-state index in [1.54, 1.807) is 30.3 Å². The van der Waals surface area contributed by atoms with Gasteiger partial charge >= 0.3 is 6.18 Å². The van der Waals surface area contributed by atoms with Gasteiger partial charge in [0.05, 0.1) is 13.2 Å². The van der Waals surface area contributed by atoms with Gasteiger partial charge in [-0.2, -0.15) is 13.2 Å². The minimum atomic E-state index is -5.21. The van der Waals surface area contributed by atoms with Crippen LogP contribution >= 0.6 is 11.6 Å². The zero-order valence-electron chi connectivity index (χ0n) is 27.0. The van der Waals surface area contributed by atoms with E-state index < -0.39 is 53.7 Å². The molecule has 0 aliphatic carbocycles. The van der Waals surface area contributed by atoms with Crippen LogP contribution in [0.4, 0.5) is 13.2 Å². The van der Waals surface area contributed by atoms with Crippen molar-refractivity contribution < 1.29 is 41.9 Å². The van der Waals surface area contributed by atoms with Gasteiger partial charge in [0.2, 0.25) is 11.8 Å². The number of alkyl halides is 3. The predicted molar refractivity (Wildman–Crippen MR) is 175 cm³/mol. The molecule has 15 heteroatoms. The molecule has 11 nitrogen and oxygen atoms in total. The van der Waals surface area contributed by atoms with Crippen molar-refractivity contribution in [1.29, 1.82) is 0 Å². The summed E-state index contributed by atoms with van der Waals surface area (Å²) in [7, 11) is 1.41. The lowest BCUT2D eigenvalue weighted by molar-refractivity contribution is -0.175. The maximum Gasteiger partial charge on any atom is 0.452 e. The number of carbonyl (C=O) groups excluding carboxylic acids is 5. The summed E-state index contributed by atoms with van der Waals surface area (Å²) >= 11 is 6.04. The third-order valence-corrected chi connectivity index (χ3v) is 7.57. The molecule has 0 fully saturated rings. The number of Topliss-reactive ketones (excluding diaryl/α,β-unsaturated/α-hetero) is 1. The van der Waals surface area contributed by atoms with Crippen LogP contribution in [0.25, 0.3) is 0 Å². The normalized spacial score (nSPS) is 13.1. The van der Waals surface area contributed by atoms with E-state index in [-0.39, 0.29) is 40.7 Å². The molecule has 0 saturated carbocycles. The molecule has 1 heterocycles. The molecular weight excluding hydrogens is 667 g/mol. The topological polar surface area (TPSA) is 156 Å². The molecule has 0 saturated heterocycles. The highest BCUT2D eigenvalue weighted by Gasteiger charge is 2.45. The van der Waals surface area contributed by atoms with E-state index in [0.717, 1.165) is 0 Å². The molecule has 0 aliphatic rings. The van der Waals surface area contributed by atoms with Crippen LogP contribution in [0, 0.1) is 5.92 Å². The van der Waals surface area contributed by atoms with Gasteiger partial charge in [0.15, 0.2) is 0 Å². The molecule has 0 bridgehead atoms. The summed E-state index contributed by atoms with van der Waals surface area (Å²) in [4.78, 5) is 68.9. The first-order valence-corrected chi connectivity index (χ1v) is 15.7. The van der Waals surface area contributed by atoms with Gasteiger partial charge in [-0.05, 0) is 73.2 Å². The molecule has 49 heavy (non-hydrogen) atoms. The molecule has 3 unspecified atom stereocenters. The number of benzene rings is 2. The predicted octanol–water partition coefficient (Wildman–Crippen LogP) is 4.57. The van der Waals surface area contributed by atoms with Gasteiger partial charge in [-0.1, -0.05) is 49.7 Å². The monoisotopic (exact) mass is 703 g/mol. The number of nitrogens with zero attached hydrogens (tertiary/aromatic N) is 1. The number of halogens is 4. The number of aromatic nitrogens is 1. The standard InChI is InChI=1S/C34H37ClF3N5O6/c1-20(2)27(29(44)34(36,37)38)42-33(48)28(21-13-15-24(49-3)16-14-21)43-32(47)26(41-30(45)22-9-8-10-23(35)19-22)12-5-7-18-40-31(46)25-11-4-6-17-39-25/h4,6,8-11,13-17,19-20,26-28H,5,7,12,18H2,1-3H3,(H,40,46)(H,41,45)(H,42,48)(H,43,47). The Morgan fingerprint density at radius 3 is 2.16 bits per heavy atom. The van der Waals surface area contributed by atoms with Crippen molar-refractivity contribution >= 4 is 41.0 Å². The van der Waals surface area contributed by atoms with E-state index in [0.29, 0.717) is 18.6 Å². The third-order valence-electron chi connectivity index (χ3n) is 7.34. The van der Waals surface area contributed by atoms with Crippen molar-refractivity contribution in [3.05, 3.63) is 94.8 Å². The van der Waals surface area contributed by atoms with Crippen LogP contribution in [-0.4, -0.2) is 66.3 Å². The van der Waals surface area contributed by atoms with Gasteiger partial charge in [-0.3, -0.25) is 29.0 Å². The first kappa shape index (κ1) is 38.5. The lowest BCUT2D eigenvalue weighted by Gasteiger charge is -2.27. The zero-order valence-corrected chi connectivity index (χ0v) is 27.7. The molecule has 0 spiro atoms. The number of amides is 4. The van der Waals surface area contributed by atoms with Crippen molar-refractivity contribution in [3.63, 3.8) is 0 Å². The van der Waals surface area contributed by atoms with Gasteiger partial charge in [0, 0.05) is 23.3 Å². The highest BCUT2D eigenvalue weighted by atomic mass is 35.5. The second-order valence-corrected chi connectivity index (χ2v) is 11.7. The minimum Gasteiger partial charge on any atom is -0.497 e. The fourth-order valence-corrected chi connectivity index (χ4v) is 4.88. The number of ketones is 1. The maximum absolute atomic E-state index is 13.8. The molecule has 0 aliphatic heterocycles. The summed E-state index contributed by atoms with van der Waals surface area (Å²) in [5.74, 6) is -5.61. The van der Waals surface area contributed by atoms with Crippen LogP contribution in [0.1, 0.15) is 65.6 Å². The number of hydrogen-bond donors (Lipinski definition) is 4. The first-order chi connectivity index (χ1) is 23.2. The fraction of sp³-hybridized carbons (Fsp3) is 0.353. The van der Waals surface area contributed by atoms with Gasteiger partial charge in [-0.15, -0.1) is 0 Å². The average Bonchev–Trinajstić information content (AvgIpc) is 3.08. The minimum absolute atomic E-state index is 0.0513. The largest absolute Gasteiger partial charge is 0.497 e. The van der Waals surface area contributed by atoms with E-state index in [9.17, 15) is 37.1 Å². The van der Waals surface area contributed by atoms with Gasteiger partial charge in [0.1, 0.15) is 23.5 Å². The molecule has 4 amide bonds. The van der Waals surface area contributed by atoms with Crippen molar-refractivity contribution in [3.8, 4) is 5.75 Å². The number of carbonyl (C=O) groups is 5. The van der Waals surface area contributed by atoms with Crippen LogP contribution in [-0.2, 0) is 14.4 Å². The van der Waals surface area contributed by atoms with E-state index in [1.165, 1.54) is 63.6 Å². The molecule has 3 rings (SSSR count). The van der Waals surface area contributed by atoms with Crippen LogP contribution in [0.3, 0.4) is 0 Å². The second-order valence-electron chi connectivity index (χ2n) is 11.3. The summed E-state index contributed by atoms with van der Waals surface area (Å²) in [6.07, 6.45) is -2.96. The number of unbranched alkanes of at least 4 members (excludes halogenated alkanes) is 1. The molecular formula is C34H37ClF3N5O6. The summed E-state index contributed by atoms with van der Waals surface area (Å²) < 4.78 is 45.2. The first-order valence-electron chi connectivity index (χ1n) is 15.3. The van der Waals surface area contributed by atoms with Crippen LogP contribution in [0.5, 0.6) is 5.75 Å². The maximum atomic E-state index is 13.8. The Balaban J connectivity index is 1.83. The average molecular weight is 704 g/mol. The van der Waals surface area contributed by atoms with Crippen LogP contribution in [0.2, 0.25) is 5.02 Å². The molecule has 0 radical (unpaired) electrons. The Morgan fingerprint density at radius 2 is 1.57 bits per heavy atom. The summed E-state index contributed by atoms with van der Waals surface area (Å²) in [5.41, 5.74) is 0.557. The van der Waals surface area contributed by atoms with Crippen molar-refractivity contribution in [1.82, 2.24) is 26.3 Å². The Morgan fingerprint density at radius 1 is 0.857 bits per heavy atom. The van der Waals surface area contributed by atoms with Crippen molar-refractivity contribution in [2.24, 2.45) is 5.92 Å². The fourth-order valence-electron chi connectivity index (χ4n) is 4.69. The number of pyridine rings is 1. The molecule has 3 atom stereocenters. The highest BCUT2D eigenvalue weighted by Crippen LogP contribution is 2.23. The Hall–Kier alpha value is -4.98. The lowest BCUT2D eigenvalue weighted by Crippen LogP contribution is -2.54.